The third-order valence-corrected chi connectivity index (χ3v) is 10.1. The number of benzene rings is 4. The molecule has 0 radical (unpaired) electrons. The number of hydrogen-bond donors (Lipinski definition) is 1. The second kappa shape index (κ2) is 17.0. The monoisotopic (exact) mass is 703 g/mol. The largest absolute Gasteiger partial charge is 0.461 e. The molecule has 1 N–H and O–H groups in total. The van der Waals surface area contributed by atoms with Crippen LogP contribution in [0.15, 0.2) is 102 Å². The van der Waals surface area contributed by atoms with Gasteiger partial charge in [-0.1, -0.05) is 72.8 Å². The van der Waals surface area contributed by atoms with Crippen LogP contribution in [0.5, 0.6) is 5.75 Å². The van der Waals surface area contributed by atoms with Gasteiger partial charge < -0.3 is 33.1 Å². The van der Waals surface area contributed by atoms with E-state index >= 15 is 0 Å². The highest BCUT2D eigenvalue weighted by molar-refractivity contribution is 7.53. The average molecular weight is 704 g/mol. The number of esters is 2. The van der Waals surface area contributed by atoms with Crippen molar-refractivity contribution < 1.29 is 47.3 Å². The standard InChI is InChI=1S/C38H42NO10P/c1-5-44-50(43,45-6-2)22-21-33-35(42)36(46-25(3)40)37(47-26(4)41)38(49-33)48-32-20-18-29-23-31(19-17-30(29)24-32)39-34(27-13-9-7-10-14-27)28-15-11-8-12-16-28/h7-20,23-24,33,35-38,42H,5-6,21-22H2,1-4H3/t33-,35-,36+,37+,38+/m1/s1. The number of aliphatic hydroxyl groups excluding tert-OH is 1. The summed E-state index contributed by atoms with van der Waals surface area (Å²) in [6.07, 6.45) is -6.47. The Morgan fingerprint density at radius 1 is 0.780 bits per heavy atom. The van der Waals surface area contributed by atoms with E-state index in [2.05, 4.69) is 0 Å². The van der Waals surface area contributed by atoms with Crippen LogP contribution >= 0.6 is 7.60 Å². The van der Waals surface area contributed by atoms with Crippen molar-refractivity contribution in [1.82, 2.24) is 0 Å². The van der Waals surface area contributed by atoms with Gasteiger partial charge in [-0.25, -0.2) is 4.99 Å². The molecule has 0 aromatic heterocycles. The fourth-order valence-corrected chi connectivity index (χ4v) is 7.51. The van der Waals surface area contributed by atoms with E-state index in [1.807, 2.05) is 84.9 Å². The molecule has 0 amide bonds. The zero-order valence-corrected chi connectivity index (χ0v) is 29.4. The molecular formula is C38H42NO10P. The molecular weight excluding hydrogens is 661 g/mol. The van der Waals surface area contributed by atoms with Crippen LogP contribution in [0.25, 0.3) is 10.8 Å². The van der Waals surface area contributed by atoms with Crippen molar-refractivity contribution in [1.29, 1.82) is 0 Å². The van der Waals surface area contributed by atoms with Gasteiger partial charge in [-0.2, -0.15) is 0 Å². The fraction of sp³-hybridized carbons (Fsp3) is 0.342. The topological polar surface area (TPSA) is 139 Å². The van der Waals surface area contributed by atoms with E-state index in [-0.39, 0.29) is 25.8 Å². The number of rotatable bonds is 14. The van der Waals surface area contributed by atoms with Gasteiger partial charge in [0.1, 0.15) is 11.9 Å². The van der Waals surface area contributed by atoms with Gasteiger partial charge in [0, 0.05) is 25.0 Å². The summed E-state index contributed by atoms with van der Waals surface area (Å²) in [5.74, 6) is -1.02. The first-order chi connectivity index (χ1) is 24.1. The van der Waals surface area contributed by atoms with Gasteiger partial charge in [0.25, 0.3) is 0 Å². The smallest absolute Gasteiger partial charge is 0.330 e. The van der Waals surface area contributed by atoms with Crippen LogP contribution in [0, 0.1) is 0 Å². The molecule has 5 atom stereocenters. The lowest BCUT2D eigenvalue weighted by Gasteiger charge is -2.43. The maximum absolute atomic E-state index is 13.2. The molecule has 12 heteroatoms. The van der Waals surface area contributed by atoms with E-state index in [4.69, 9.17) is 33.0 Å². The van der Waals surface area contributed by atoms with E-state index in [1.165, 1.54) is 13.8 Å². The summed E-state index contributed by atoms with van der Waals surface area (Å²) >= 11 is 0. The highest BCUT2D eigenvalue weighted by atomic mass is 31.2. The van der Waals surface area contributed by atoms with E-state index < -0.39 is 50.2 Å². The van der Waals surface area contributed by atoms with Crippen LogP contribution in [0.4, 0.5) is 5.69 Å². The minimum Gasteiger partial charge on any atom is -0.461 e. The van der Waals surface area contributed by atoms with Crippen molar-refractivity contribution in [2.24, 2.45) is 4.99 Å². The molecule has 0 bridgehead atoms. The number of nitrogens with zero attached hydrogens (tertiary/aromatic N) is 1. The third-order valence-electron chi connectivity index (χ3n) is 7.94. The lowest BCUT2D eigenvalue weighted by Crippen LogP contribution is -2.61. The molecule has 0 spiro atoms. The molecule has 1 saturated heterocycles. The quantitative estimate of drug-likeness (QED) is 0.0830. The van der Waals surface area contributed by atoms with E-state index in [0.29, 0.717) is 5.75 Å². The van der Waals surface area contributed by atoms with E-state index in [1.54, 1.807) is 26.0 Å². The molecule has 0 aliphatic carbocycles. The molecule has 1 heterocycles. The van der Waals surface area contributed by atoms with Crippen molar-refractivity contribution in [3.05, 3.63) is 108 Å². The second-order valence-electron chi connectivity index (χ2n) is 11.6. The van der Waals surface area contributed by atoms with Crippen molar-refractivity contribution in [2.45, 2.75) is 64.8 Å². The minimum atomic E-state index is -3.49. The number of carbonyl (C=O) groups excluding carboxylic acids is 2. The molecule has 1 aliphatic heterocycles. The molecule has 1 aliphatic rings. The Morgan fingerprint density at radius 3 is 1.92 bits per heavy atom. The van der Waals surface area contributed by atoms with Crippen molar-refractivity contribution in [3.63, 3.8) is 0 Å². The lowest BCUT2D eigenvalue weighted by atomic mass is 9.96. The summed E-state index contributed by atoms with van der Waals surface area (Å²) in [6.45, 7) is 6.11. The maximum atomic E-state index is 13.2. The summed E-state index contributed by atoms with van der Waals surface area (Å²) in [6, 6.07) is 31.2. The number of hydrogen-bond acceptors (Lipinski definition) is 11. The third kappa shape index (κ3) is 9.44. The molecule has 1 fully saturated rings. The maximum Gasteiger partial charge on any atom is 0.330 e. The SMILES string of the molecule is CCOP(=O)(CC[C@H]1O[C@H](Oc2ccc3cc(N=C(c4ccccc4)c4ccccc4)ccc3c2)[C@@H](OC(C)=O)[C@@H](OC(C)=O)[C@@H]1O)OCC. The normalized spacial score (nSPS) is 20.5. The van der Waals surface area contributed by atoms with Crippen molar-refractivity contribution in [3.8, 4) is 5.75 Å². The summed E-state index contributed by atoms with van der Waals surface area (Å²) in [5.41, 5.74) is 3.59. The van der Waals surface area contributed by atoms with Crippen molar-refractivity contribution in [2.75, 3.05) is 19.4 Å². The molecule has 264 valence electrons. The predicted molar refractivity (Wildman–Crippen MR) is 189 cm³/mol. The van der Waals surface area contributed by atoms with Gasteiger partial charge in [0.05, 0.1) is 36.9 Å². The minimum absolute atomic E-state index is 0.0117. The number of carbonyl (C=O) groups is 2. The highest BCUT2D eigenvalue weighted by Gasteiger charge is 2.51. The van der Waals surface area contributed by atoms with Gasteiger partial charge in [-0.15, -0.1) is 0 Å². The van der Waals surface area contributed by atoms with Crippen LogP contribution in [0.1, 0.15) is 45.2 Å². The van der Waals surface area contributed by atoms with Crippen LogP contribution in [-0.4, -0.2) is 72.8 Å². The number of aliphatic hydroxyl groups is 1. The predicted octanol–water partition coefficient (Wildman–Crippen LogP) is 6.99. The zero-order valence-electron chi connectivity index (χ0n) is 28.5. The Balaban J connectivity index is 1.43. The Labute approximate surface area is 291 Å². The highest BCUT2D eigenvalue weighted by Crippen LogP contribution is 2.49. The number of aliphatic imine (C=N–C) groups is 1. The molecule has 4 aromatic carbocycles. The van der Waals surface area contributed by atoms with Crippen LogP contribution in [0.3, 0.4) is 0 Å². The van der Waals surface area contributed by atoms with Gasteiger partial charge in [-0.3, -0.25) is 14.2 Å². The summed E-state index contributed by atoms with van der Waals surface area (Å²) in [7, 11) is -3.49. The van der Waals surface area contributed by atoms with Crippen LogP contribution in [-0.2, 0) is 37.4 Å². The van der Waals surface area contributed by atoms with Gasteiger partial charge >= 0.3 is 19.5 Å². The van der Waals surface area contributed by atoms with E-state index in [9.17, 15) is 19.3 Å². The Morgan fingerprint density at radius 2 is 1.34 bits per heavy atom. The van der Waals surface area contributed by atoms with E-state index in [0.717, 1.165) is 33.3 Å². The van der Waals surface area contributed by atoms with Crippen molar-refractivity contribution >= 4 is 41.7 Å². The first-order valence-electron chi connectivity index (χ1n) is 16.5. The van der Waals surface area contributed by atoms with Crippen LogP contribution in [0.2, 0.25) is 0 Å². The Kier molecular flexibility index (Phi) is 12.6. The first-order valence-corrected chi connectivity index (χ1v) is 18.3. The summed E-state index contributed by atoms with van der Waals surface area (Å²) < 4.78 is 47.3. The summed E-state index contributed by atoms with van der Waals surface area (Å²) in [4.78, 5) is 29.3. The second-order valence-corrected chi connectivity index (χ2v) is 13.8. The number of ether oxygens (including phenoxy) is 4. The van der Waals surface area contributed by atoms with Gasteiger partial charge in [0.2, 0.25) is 12.4 Å². The first kappa shape index (κ1) is 36.9. The average Bonchev–Trinajstić information content (AvgIpc) is 3.10. The van der Waals surface area contributed by atoms with Crippen LogP contribution < -0.4 is 4.74 Å². The molecule has 0 saturated carbocycles. The Hall–Kier alpha value is -4.38. The summed E-state index contributed by atoms with van der Waals surface area (Å²) in [5, 5.41) is 13.0. The molecule has 11 nitrogen and oxygen atoms in total. The zero-order chi connectivity index (χ0) is 35.7. The van der Waals surface area contributed by atoms with Gasteiger partial charge in [-0.05, 0) is 55.3 Å². The van der Waals surface area contributed by atoms with Gasteiger partial charge in [0.15, 0.2) is 6.10 Å². The lowest BCUT2D eigenvalue weighted by molar-refractivity contribution is -0.280. The molecule has 4 aromatic rings. The Bertz CT molecular complexity index is 1780. The fourth-order valence-electron chi connectivity index (χ4n) is 5.82. The molecule has 5 rings (SSSR count). The molecule has 0 unspecified atom stereocenters. The molecule has 50 heavy (non-hydrogen) atoms. The number of fused-ring (bicyclic) bond motifs is 1.